The average molecular weight is 324 g/mol. The minimum atomic E-state index is -0.234. The summed E-state index contributed by atoms with van der Waals surface area (Å²) >= 11 is 0. The van der Waals surface area contributed by atoms with E-state index in [1.54, 1.807) is 0 Å². The van der Waals surface area contributed by atoms with Crippen LogP contribution in [0.5, 0.6) is 11.5 Å². The summed E-state index contributed by atoms with van der Waals surface area (Å²) in [4.78, 5) is 0. The first-order valence-electron chi connectivity index (χ1n) is 8.83. The van der Waals surface area contributed by atoms with Crippen LogP contribution in [-0.2, 0) is 10.3 Å². The van der Waals surface area contributed by atoms with Crippen molar-refractivity contribution in [2.24, 2.45) is 5.41 Å². The molecule has 3 nitrogen and oxygen atoms in total. The first-order valence-corrected chi connectivity index (χ1v) is 8.83. The van der Waals surface area contributed by atoms with Crippen LogP contribution in [0.15, 0.2) is 54.6 Å². The van der Waals surface area contributed by atoms with Gasteiger partial charge in [0.1, 0.15) is 11.5 Å². The molecule has 3 aliphatic rings. The van der Waals surface area contributed by atoms with E-state index in [1.807, 2.05) is 42.5 Å². The second-order valence-corrected chi connectivity index (χ2v) is 7.17. The highest BCUT2D eigenvalue weighted by atomic mass is 16.5. The molecule has 2 saturated heterocycles. The molecule has 1 N–H and O–H groups in total. The van der Waals surface area contributed by atoms with Gasteiger partial charge in [0.2, 0.25) is 0 Å². The van der Waals surface area contributed by atoms with Crippen LogP contribution in [0, 0.1) is 5.41 Å². The molecule has 3 heteroatoms. The molecule has 0 atom stereocenters. The van der Waals surface area contributed by atoms with Gasteiger partial charge in [0.15, 0.2) is 0 Å². The van der Waals surface area contributed by atoms with Crippen LogP contribution in [0.1, 0.15) is 37.7 Å². The maximum Gasteiger partial charge on any atom is 0.133 e. The zero-order valence-corrected chi connectivity index (χ0v) is 13.9. The van der Waals surface area contributed by atoms with Gasteiger partial charge in [0, 0.05) is 12.2 Å². The summed E-state index contributed by atoms with van der Waals surface area (Å²) in [6.07, 6.45) is 5.09. The van der Waals surface area contributed by atoms with E-state index in [0.29, 0.717) is 0 Å². The number of hydrogen-bond donors (Lipinski definition) is 1. The first kappa shape index (κ1) is 15.7. The van der Waals surface area contributed by atoms with Crippen molar-refractivity contribution in [2.45, 2.75) is 37.7 Å². The number of ether oxygens (including phenoxy) is 2. The molecule has 2 bridgehead atoms. The predicted molar refractivity (Wildman–Crippen MR) is 93.2 cm³/mol. The van der Waals surface area contributed by atoms with E-state index in [-0.39, 0.29) is 17.6 Å². The molecule has 5 rings (SSSR count). The van der Waals surface area contributed by atoms with Gasteiger partial charge in [-0.3, -0.25) is 0 Å². The standard InChI is InChI=1S/C21H24O3/c22-15-14-20-10-12-21(13-11-20,23-16-20)18-8-4-5-9-19(18)24-17-6-2-1-3-7-17/h1-9,22H,10-16H2. The van der Waals surface area contributed by atoms with Gasteiger partial charge in [-0.15, -0.1) is 0 Å². The molecule has 2 aromatic carbocycles. The van der Waals surface area contributed by atoms with Crippen LogP contribution in [0.4, 0.5) is 0 Å². The normalized spacial score (nSPS) is 28.7. The summed E-state index contributed by atoms with van der Waals surface area (Å²) < 4.78 is 12.6. The lowest BCUT2D eigenvalue weighted by molar-refractivity contribution is -0.193. The highest BCUT2D eigenvalue weighted by Crippen LogP contribution is 2.56. The molecular weight excluding hydrogens is 300 g/mol. The number of aliphatic hydroxyl groups is 1. The molecule has 1 saturated carbocycles. The highest BCUT2D eigenvalue weighted by molar-refractivity contribution is 5.42. The molecule has 0 spiro atoms. The SMILES string of the molecule is OCCC12CCC(c3ccccc3Oc3ccccc3)(CC1)OC2. The number of para-hydroxylation sites is 2. The summed E-state index contributed by atoms with van der Waals surface area (Å²) in [6.45, 7) is 0.997. The summed E-state index contributed by atoms with van der Waals surface area (Å²) in [5.41, 5.74) is 1.11. The molecule has 1 aliphatic carbocycles. The molecule has 2 aliphatic heterocycles. The Labute approximate surface area is 143 Å². The Kier molecular flexibility index (Phi) is 4.07. The fourth-order valence-corrected chi connectivity index (χ4v) is 4.22. The fraction of sp³-hybridized carbons (Fsp3) is 0.429. The van der Waals surface area contributed by atoms with Crippen LogP contribution in [0.25, 0.3) is 0 Å². The van der Waals surface area contributed by atoms with E-state index in [0.717, 1.165) is 55.8 Å². The Morgan fingerprint density at radius 2 is 1.62 bits per heavy atom. The van der Waals surface area contributed by atoms with E-state index in [2.05, 4.69) is 12.1 Å². The minimum Gasteiger partial charge on any atom is -0.457 e. The summed E-state index contributed by atoms with van der Waals surface area (Å²) in [7, 11) is 0. The maximum absolute atomic E-state index is 9.35. The summed E-state index contributed by atoms with van der Waals surface area (Å²) in [6, 6.07) is 18.2. The van der Waals surface area contributed by atoms with Crippen LogP contribution in [0.2, 0.25) is 0 Å². The van der Waals surface area contributed by atoms with Crippen molar-refractivity contribution in [3.05, 3.63) is 60.2 Å². The van der Waals surface area contributed by atoms with Gasteiger partial charge in [-0.25, -0.2) is 0 Å². The van der Waals surface area contributed by atoms with Crippen LogP contribution >= 0.6 is 0 Å². The number of aliphatic hydroxyl groups excluding tert-OH is 1. The van der Waals surface area contributed by atoms with Crippen molar-refractivity contribution >= 4 is 0 Å². The molecule has 126 valence electrons. The Balaban J connectivity index is 1.62. The Morgan fingerprint density at radius 1 is 0.917 bits per heavy atom. The van der Waals surface area contributed by atoms with Crippen molar-refractivity contribution in [3.8, 4) is 11.5 Å². The molecule has 0 amide bonds. The largest absolute Gasteiger partial charge is 0.457 e. The zero-order chi connectivity index (χ0) is 16.5. The monoisotopic (exact) mass is 324 g/mol. The topological polar surface area (TPSA) is 38.7 Å². The average Bonchev–Trinajstić information content (AvgIpc) is 2.65. The second-order valence-electron chi connectivity index (χ2n) is 7.17. The second kappa shape index (κ2) is 6.23. The quantitative estimate of drug-likeness (QED) is 0.870. The van der Waals surface area contributed by atoms with Crippen LogP contribution < -0.4 is 4.74 Å². The van der Waals surface area contributed by atoms with Gasteiger partial charge >= 0.3 is 0 Å². The third kappa shape index (κ3) is 2.72. The van der Waals surface area contributed by atoms with Gasteiger partial charge in [0.25, 0.3) is 0 Å². The molecule has 2 heterocycles. The molecule has 24 heavy (non-hydrogen) atoms. The number of benzene rings is 2. The van der Waals surface area contributed by atoms with Gasteiger partial charge in [-0.2, -0.15) is 0 Å². The molecule has 0 radical (unpaired) electrons. The fourth-order valence-electron chi connectivity index (χ4n) is 4.22. The molecule has 0 aromatic heterocycles. The van der Waals surface area contributed by atoms with E-state index in [1.165, 1.54) is 0 Å². The summed E-state index contributed by atoms with van der Waals surface area (Å²) in [5, 5.41) is 9.35. The zero-order valence-electron chi connectivity index (χ0n) is 13.9. The summed E-state index contributed by atoms with van der Waals surface area (Å²) in [5.74, 6) is 1.74. The predicted octanol–water partition coefficient (Wildman–Crippen LogP) is 4.65. The van der Waals surface area contributed by atoms with E-state index in [9.17, 15) is 5.11 Å². The third-order valence-corrected chi connectivity index (χ3v) is 5.76. The maximum atomic E-state index is 9.35. The Hall–Kier alpha value is -1.84. The van der Waals surface area contributed by atoms with Crippen LogP contribution in [0.3, 0.4) is 0 Å². The van der Waals surface area contributed by atoms with Crippen molar-refractivity contribution in [1.29, 1.82) is 0 Å². The van der Waals surface area contributed by atoms with Gasteiger partial charge in [-0.1, -0.05) is 36.4 Å². The minimum absolute atomic E-state index is 0.186. The number of fused-ring (bicyclic) bond motifs is 3. The van der Waals surface area contributed by atoms with Crippen molar-refractivity contribution < 1.29 is 14.6 Å². The van der Waals surface area contributed by atoms with E-state index >= 15 is 0 Å². The number of hydrogen-bond acceptors (Lipinski definition) is 3. The van der Waals surface area contributed by atoms with Crippen molar-refractivity contribution in [3.63, 3.8) is 0 Å². The lowest BCUT2D eigenvalue weighted by Crippen LogP contribution is -2.49. The third-order valence-electron chi connectivity index (χ3n) is 5.76. The van der Waals surface area contributed by atoms with Gasteiger partial charge < -0.3 is 14.6 Å². The highest BCUT2D eigenvalue weighted by Gasteiger charge is 2.51. The van der Waals surface area contributed by atoms with Crippen LogP contribution in [-0.4, -0.2) is 18.3 Å². The van der Waals surface area contributed by atoms with E-state index in [4.69, 9.17) is 9.47 Å². The van der Waals surface area contributed by atoms with E-state index < -0.39 is 0 Å². The Morgan fingerprint density at radius 3 is 2.29 bits per heavy atom. The lowest BCUT2D eigenvalue weighted by atomic mass is 9.63. The van der Waals surface area contributed by atoms with Crippen molar-refractivity contribution in [1.82, 2.24) is 0 Å². The number of rotatable bonds is 5. The van der Waals surface area contributed by atoms with Gasteiger partial charge in [-0.05, 0) is 55.7 Å². The first-order chi connectivity index (χ1) is 11.8. The Bertz CT molecular complexity index is 671. The lowest BCUT2D eigenvalue weighted by Gasteiger charge is -2.53. The molecular formula is C21H24O3. The van der Waals surface area contributed by atoms with Crippen molar-refractivity contribution in [2.75, 3.05) is 13.2 Å². The van der Waals surface area contributed by atoms with Gasteiger partial charge in [0.05, 0.1) is 12.2 Å². The smallest absolute Gasteiger partial charge is 0.133 e. The molecule has 2 aromatic rings. The molecule has 3 fully saturated rings. The molecule has 0 unspecified atom stereocenters.